The van der Waals surface area contributed by atoms with Gasteiger partial charge in [0.25, 0.3) is 0 Å². The van der Waals surface area contributed by atoms with E-state index in [0.29, 0.717) is 23.7 Å². The summed E-state index contributed by atoms with van der Waals surface area (Å²) < 4.78 is 10.6. The molecule has 0 aliphatic carbocycles. The first-order valence-electron chi connectivity index (χ1n) is 6.08. The Morgan fingerprint density at radius 3 is 2.38 bits per heavy atom. The zero-order valence-electron chi connectivity index (χ0n) is 11.6. The van der Waals surface area contributed by atoms with Gasteiger partial charge in [-0.15, -0.1) is 0 Å². The minimum atomic E-state index is 0.489. The number of hydrogen-bond donors (Lipinski definition) is 2. The van der Waals surface area contributed by atoms with Crippen molar-refractivity contribution in [3.63, 3.8) is 0 Å². The van der Waals surface area contributed by atoms with E-state index in [-0.39, 0.29) is 0 Å². The highest BCUT2D eigenvalue weighted by Crippen LogP contribution is 2.31. The van der Waals surface area contributed by atoms with Crippen LogP contribution in [0, 0.1) is 5.41 Å². The van der Waals surface area contributed by atoms with Gasteiger partial charge >= 0.3 is 0 Å². The lowest BCUT2D eigenvalue weighted by Crippen LogP contribution is -1.96. The van der Waals surface area contributed by atoms with Crippen LogP contribution < -0.4 is 14.6 Å². The van der Waals surface area contributed by atoms with Gasteiger partial charge in [-0.2, -0.15) is 0 Å². The van der Waals surface area contributed by atoms with Crippen molar-refractivity contribution in [2.75, 3.05) is 19.3 Å². The molecule has 7 heteroatoms. The summed E-state index contributed by atoms with van der Waals surface area (Å²) in [5.41, 5.74) is 2.47. The number of ether oxygens (including phenoxy) is 2. The fourth-order valence-electron chi connectivity index (χ4n) is 1.85. The van der Waals surface area contributed by atoms with Crippen LogP contribution in [0.15, 0.2) is 30.3 Å². The summed E-state index contributed by atoms with van der Waals surface area (Å²) in [6.45, 7) is 0. The molecule has 2 N–H and O–H groups in total. The minimum absolute atomic E-state index is 0.489. The molecule has 1 aromatic carbocycles. The van der Waals surface area contributed by atoms with Crippen LogP contribution in [0.4, 0.5) is 5.82 Å². The molecule has 2 rings (SSSR count). The number of anilines is 1. The SMILES string of the molecule is COc1cc(OC)cc(-c2ccc(C=N)c(NPI)n2)c1. The molecule has 0 bridgehead atoms. The fraction of sp³-hybridized carbons (Fsp3) is 0.143. The Morgan fingerprint density at radius 1 is 1.19 bits per heavy atom. The molecule has 0 amide bonds. The average molecular weight is 415 g/mol. The molecule has 0 saturated heterocycles. The van der Waals surface area contributed by atoms with E-state index in [1.54, 1.807) is 14.2 Å². The maximum Gasteiger partial charge on any atom is 0.139 e. The molecule has 0 aliphatic rings. The number of pyridine rings is 1. The molecule has 2 aromatic rings. The van der Waals surface area contributed by atoms with Gasteiger partial charge in [0, 0.05) is 29.8 Å². The zero-order valence-corrected chi connectivity index (χ0v) is 14.8. The fourth-order valence-corrected chi connectivity index (χ4v) is 2.90. The van der Waals surface area contributed by atoms with Crippen molar-refractivity contribution in [1.29, 1.82) is 5.41 Å². The van der Waals surface area contributed by atoms with Gasteiger partial charge in [-0.3, -0.25) is 0 Å². The van der Waals surface area contributed by atoms with Crippen molar-refractivity contribution in [2.24, 2.45) is 0 Å². The summed E-state index contributed by atoms with van der Waals surface area (Å²) in [5.74, 6) is 2.14. The van der Waals surface area contributed by atoms with E-state index >= 15 is 0 Å². The van der Waals surface area contributed by atoms with Crippen LogP contribution >= 0.6 is 28.4 Å². The lowest BCUT2D eigenvalue weighted by Gasteiger charge is -2.11. The molecule has 0 radical (unpaired) electrons. The van der Waals surface area contributed by atoms with Gasteiger partial charge in [-0.1, -0.05) is 0 Å². The maximum absolute atomic E-state index is 7.42. The van der Waals surface area contributed by atoms with Crippen molar-refractivity contribution in [3.8, 4) is 22.8 Å². The number of halogens is 1. The van der Waals surface area contributed by atoms with Crippen molar-refractivity contribution in [2.45, 2.75) is 0 Å². The Labute approximate surface area is 138 Å². The third-order valence-electron chi connectivity index (χ3n) is 2.89. The first kappa shape index (κ1) is 16.0. The second-order valence-electron chi connectivity index (χ2n) is 4.10. The number of nitrogens with one attached hydrogen (secondary N) is 2. The van der Waals surface area contributed by atoms with Gasteiger partial charge in [0.1, 0.15) is 17.3 Å². The lowest BCUT2D eigenvalue weighted by atomic mass is 10.1. The quantitative estimate of drug-likeness (QED) is 0.423. The van der Waals surface area contributed by atoms with Crippen molar-refractivity contribution >= 4 is 40.4 Å². The van der Waals surface area contributed by atoms with E-state index in [1.807, 2.05) is 30.3 Å². The molecule has 5 nitrogen and oxygen atoms in total. The second kappa shape index (κ2) is 7.56. The molecule has 0 fully saturated rings. The van der Waals surface area contributed by atoms with Gasteiger partial charge < -0.3 is 20.0 Å². The van der Waals surface area contributed by atoms with Gasteiger partial charge in [-0.05, 0) is 46.3 Å². The predicted molar refractivity (Wildman–Crippen MR) is 96.6 cm³/mol. The molecule has 1 unspecified atom stereocenters. The largest absolute Gasteiger partial charge is 0.497 e. The van der Waals surface area contributed by atoms with Gasteiger partial charge in [0.2, 0.25) is 0 Å². The standard InChI is InChI=1S/C14H15IN3O2P/c1-19-11-5-10(6-12(7-11)20-2)13-4-3-9(8-16)14(17-13)18-21-15/h3-8,16,21H,1-2H3,(H,17,18). The summed E-state index contributed by atoms with van der Waals surface area (Å²) >= 11 is 2.23. The number of methoxy groups -OCH3 is 2. The monoisotopic (exact) mass is 415 g/mol. The topological polar surface area (TPSA) is 67.2 Å². The number of aromatic nitrogens is 1. The first-order chi connectivity index (χ1) is 10.2. The van der Waals surface area contributed by atoms with Gasteiger partial charge in [0.15, 0.2) is 0 Å². The molecule has 110 valence electrons. The smallest absolute Gasteiger partial charge is 0.139 e. The summed E-state index contributed by atoms with van der Waals surface area (Å²) in [4.78, 5) is 4.58. The third-order valence-corrected chi connectivity index (χ3v) is 4.04. The highest BCUT2D eigenvalue weighted by atomic mass is 127. The second-order valence-corrected chi connectivity index (χ2v) is 6.16. The normalized spacial score (nSPS) is 10.6. The van der Waals surface area contributed by atoms with E-state index in [9.17, 15) is 0 Å². The molecule has 0 aliphatic heterocycles. The maximum atomic E-state index is 7.42. The van der Waals surface area contributed by atoms with Crippen LogP contribution in [0.3, 0.4) is 0 Å². The van der Waals surface area contributed by atoms with Crippen LogP contribution in [0.5, 0.6) is 11.5 Å². The Balaban J connectivity index is 2.50. The molecule has 1 aromatic heterocycles. The molecular weight excluding hydrogens is 400 g/mol. The Morgan fingerprint density at radius 2 is 1.86 bits per heavy atom. The summed E-state index contributed by atoms with van der Waals surface area (Å²) in [6.07, 6.45) is 1.78. The summed E-state index contributed by atoms with van der Waals surface area (Å²) in [5, 5.41) is 10.6. The van der Waals surface area contributed by atoms with Crippen LogP contribution in [-0.4, -0.2) is 25.4 Å². The Kier molecular flexibility index (Phi) is 5.76. The Hall–Kier alpha value is -1.40. The highest BCUT2D eigenvalue weighted by molar-refractivity contribution is 14.2. The van der Waals surface area contributed by atoms with Crippen molar-refractivity contribution in [3.05, 3.63) is 35.9 Å². The van der Waals surface area contributed by atoms with Crippen LogP contribution in [-0.2, 0) is 0 Å². The zero-order chi connectivity index (χ0) is 15.2. The van der Waals surface area contributed by atoms with E-state index in [0.717, 1.165) is 16.8 Å². The number of benzene rings is 1. The van der Waals surface area contributed by atoms with E-state index in [2.05, 4.69) is 32.1 Å². The molecular formula is C14H15IN3O2P. The minimum Gasteiger partial charge on any atom is -0.497 e. The average Bonchev–Trinajstić information content (AvgIpc) is 2.54. The van der Waals surface area contributed by atoms with Crippen molar-refractivity contribution in [1.82, 2.24) is 4.98 Å². The van der Waals surface area contributed by atoms with Crippen LogP contribution in [0.2, 0.25) is 0 Å². The van der Waals surface area contributed by atoms with Gasteiger partial charge in [-0.25, -0.2) is 4.98 Å². The van der Waals surface area contributed by atoms with E-state index < -0.39 is 0 Å². The number of nitrogens with zero attached hydrogens (tertiary/aromatic N) is 1. The molecule has 1 atom stereocenters. The van der Waals surface area contributed by atoms with E-state index in [1.165, 1.54) is 6.21 Å². The number of hydrogen-bond acceptors (Lipinski definition) is 5. The molecule has 21 heavy (non-hydrogen) atoms. The Bertz CT molecular complexity index is 630. The number of rotatable bonds is 6. The molecule has 0 saturated carbocycles. The van der Waals surface area contributed by atoms with Gasteiger partial charge in [0.05, 0.1) is 19.9 Å². The predicted octanol–water partition coefficient (Wildman–Crippen LogP) is 4.12. The molecule has 1 heterocycles. The molecule has 0 spiro atoms. The lowest BCUT2D eigenvalue weighted by molar-refractivity contribution is 0.394. The summed E-state index contributed by atoms with van der Waals surface area (Å²) in [6, 6.07) is 9.40. The first-order valence-corrected chi connectivity index (χ1v) is 10.2. The van der Waals surface area contributed by atoms with E-state index in [4.69, 9.17) is 14.9 Å². The third kappa shape index (κ3) is 3.83. The van der Waals surface area contributed by atoms with Crippen LogP contribution in [0.25, 0.3) is 11.3 Å². The highest BCUT2D eigenvalue weighted by Gasteiger charge is 2.08. The van der Waals surface area contributed by atoms with Crippen molar-refractivity contribution < 1.29 is 9.47 Å². The summed E-state index contributed by atoms with van der Waals surface area (Å²) in [7, 11) is 3.24. The van der Waals surface area contributed by atoms with Crippen LogP contribution in [0.1, 0.15) is 5.56 Å².